The minimum absolute atomic E-state index is 0.647. The molecule has 0 unspecified atom stereocenters. The van der Waals surface area contributed by atoms with Crippen LogP contribution in [0.15, 0.2) is 0 Å². The van der Waals surface area contributed by atoms with E-state index < -0.39 is 0 Å². The van der Waals surface area contributed by atoms with Crippen molar-refractivity contribution in [1.82, 2.24) is 19.9 Å². The van der Waals surface area contributed by atoms with Crippen molar-refractivity contribution in [3.63, 3.8) is 0 Å². The first-order chi connectivity index (χ1) is 16.8. The maximum absolute atomic E-state index is 5.43. The molecule has 0 amide bonds. The fourth-order valence-corrected chi connectivity index (χ4v) is 4.15. The molecule has 1 saturated heterocycles. The molecule has 3 N–H and O–H groups in total. The van der Waals surface area contributed by atoms with Gasteiger partial charge in [0.05, 0.1) is 13.2 Å². The van der Waals surface area contributed by atoms with Gasteiger partial charge in [-0.2, -0.15) is 15.0 Å². The Morgan fingerprint density at radius 1 is 0.588 bits per heavy atom. The molecule has 0 aromatic carbocycles. The summed E-state index contributed by atoms with van der Waals surface area (Å²) in [6, 6.07) is 0. The molecule has 34 heavy (non-hydrogen) atoms. The Morgan fingerprint density at radius 3 is 1.50 bits per heavy atom. The molecule has 0 bridgehead atoms. The standard InChI is InChI=1S/C26H51N7O/c1-3-5-7-9-10-11-12-13-15-17-28-25-30-24(27-16-14-8-6-4-2)31-26(32-25)29-18-19-33-20-22-34-23-21-33/h3-23H2,1-2H3,(H3,27,28,29,30,31,32). The fourth-order valence-electron chi connectivity index (χ4n) is 4.15. The van der Waals surface area contributed by atoms with Crippen LogP contribution >= 0.6 is 0 Å². The maximum atomic E-state index is 5.43. The molecule has 1 aromatic rings. The number of rotatable bonds is 21. The average Bonchev–Trinajstić information content (AvgIpc) is 2.86. The second-order valence-corrected chi connectivity index (χ2v) is 9.43. The summed E-state index contributed by atoms with van der Waals surface area (Å²) in [5.74, 6) is 1.98. The molecule has 0 aliphatic carbocycles. The summed E-state index contributed by atoms with van der Waals surface area (Å²) in [6.07, 6.45) is 16.9. The van der Waals surface area contributed by atoms with Gasteiger partial charge in [0.25, 0.3) is 0 Å². The second-order valence-electron chi connectivity index (χ2n) is 9.43. The van der Waals surface area contributed by atoms with Gasteiger partial charge in [0, 0.05) is 39.3 Å². The summed E-state index contributed by atoms with van der Waals surface area (Å²) in [6.45, 7) is 11.7. The highest BCUT2D eigenvalue weighted by molar-refractivity contribution is 5.42. The third-order valence-corrected chi connectivity index (χ3v) is 6.33. The third-order valence-electron chi connectivity index (χ3n) is 6.33. The molecule has 2 rings (SSSR count). The van der Waals surface area contributed by atoms with Crippen LogP contribution in [0.3, 0.4) is 0 Å². The number of hydrogen-bond acceptors (Lipinski definition) is 8. The van der Waals surface area contributed by atoms with E-state index in [9.17, 15) is 0 Å². The second kappa shape index (κ2) is 19.6. The van der Waals surface area contributed by atoms with E-state index in [1.807, 2.05) is 0 Å². The topological polar surface area (TPSA) is 87.2 Å². The van der Waals surface area contributed by atoms with Gasteiger partial charge in [-0.3, -0.25) is 4.90 Å². The third kappa shape index (κ3) is 13.9. The molecule has 0 saturated carbocycles. The van der Waals surface area contributed by atoms with E-state index in [1.165, 1.54) is 70.6 Å². The average molecular weight is 478 g/mol. The molecule has 0 spiro atoms. The Labute approximate surface area is 208 Å². The summed E-state index contributed by atoms with van der Waals surface area (Å²) in [5, 5.41) is 10.2. The van der Waals surface area contributed by atoms with Crippen molar-refractivity contribution in [2.45, 2.75) is 97.3 Å². The molecule has 0 atom stereocenters. The predicted octanol–water partition coefficient (Wildman–Crippen LogP) is 5.55. The predicted molar refractivity (Wildman–Crippen MR) is 144 cm³/mol. The molecular formula is C26H51N7O. The maximum Gasteiger partial charge on any atom is 0.229 e. The van der Waals surface area contributed by atoms with Gasteiger partial charge in [-0.25, -0.2) is 0 Å². The lowest BCUT2D eigenvalue weighted by atomic mass is 10.1. The smallest absolute Gasteiger partial charge is 0.229 e. The van der Waals surface area contributed by atoms with E-state index in [4.69, 9.17) is 4.74 Å². The Bertz CT molecular complexity index is 611. The van der Waals surface area contributed by atoms with Crippen LogP contribution in [0.5, 0.6) is 0 Å². The highest BCUT2D eigenvalue weighted by Gasteiger charge is 2.11. The normalized spacial score (nSPS) is 14.3. The number of unbranched alkanes of at least 4 members (excludes halogenated alkanes) is 11. The van der Waals surface area contributed by atoms with Crippen LogP contribution in [0.2, 0.25) is 0 Å². The van der Waals surface area contributed by atoms with Crippen molar-refractivity contribution in [1.29, 1.82) is 0 Å². The van der Waals surface area contributed by atoms with Crippen LogP contribution in [0.4, 0.5) is 17.8 Å². The lowest BCUT2D eigenvalue weighted by molar-refractivity contribution is 0.0398. The molecule has 1 aliphatic rings. The molecule has 2 heterocycles. The number of morpholine rings is 1. The van der Waals surface area contributed by atoms with E-state index in [-0.39, 0.29) is 0 Å². The number of anilines is 3. The lowest BCUT2D eigenvalue weighted by Crippen LogP contribution is -2.39. The van der Waals surface area contributed by atoms with Gasteiger partial charge in [-0.15, -0.1) is 0 Å². The first-order valence-corrected chi connectivity index (χ1v) is 14.1. The molecule has 1 aliphatic heterocycles. The van der Waals surface area contributed by atoms with Crippen LogP contribution < -0.4 is 16.0 Å². The number of aromatic nitrogens is 3. The minimum Gasteiger partial charge on any atom is -0.379 e. The quantitative estimate of drug-likeness (QED) is 0.199. The number of hydrogen-bond donors (Lipinski definition) is 3. The van der Waals surface area contributed by atoms with Gasteiger partial charge in [0.2, 0.25) is 17.8 Å². The first kappa shape index (κ1) is 28.6. The number of nitrogens with one attached hydrogen (secondary N) is 3. The Morgan fingerprint density at radius 2 is 1.00 bits per heavy atom. The molecule has 1 fully saturated rings. The van der Waals surface area contributed by atoms with Crippen molar-refractivity contribution in [2.75, 3.05) is 68.4 Å². The minimum atomic E-state index is 0.647. The zero-order valence-electron chi connectivity index (χ0n) is 22.0. The van der Waals surface area contributed by atoms with E-state index in [2.05, 4.69) is 49.6 Å². The van der Waals surface area contributed by atoms with E-state index in [1.54, 1.807) is 0 Å². The summed E-state index contributed by atoms with van der Waals surface area (Å²) >= 11 is 0. The number of ether oxygens (including phenoxy) is 1. The van der Waals surface area contributed by atoms with Crippen LogP contribution in [0.1, 0.15) is 97.3 Å². The zero-order chi connectivity index (χ0) is 24.1. The number of nitrogens with zero attached hydrogens (tertiary/aromatic N) is 4. The van der Waals surface area contributed by atoms with Crippen LogP contribution in [-0.2, 0) is 4.74 Å². The summed E-state index contributed by atoms with van der Waals surface area (Å²) in [5.41, 5.74) is 0. The van der Waals surface area contributed by atoms with Gasteiger partial charge >= 0.3 is 0 Å². The summed E-state index contributed by atoms with van der Waals surface area (Å²) in [7, 11) is 0. The molecule has 0 radical (unpaired) electrons. The first-order valence-electron chi connectivity index (χ1n) is 14.1. The van der Waals surface area contributed by atoms with Gasteiger partial charge in [-0.05, 0) is 12.8 Å². The van der Waals surface area contributed by atoms with E-state index >= 15 is 0 Å². The zero-order valence-corrected chi connectivity index (χ0v) is 22.0. The largest absolute Gasteiger partial charge is 0.379 e. The van der Waals surface area contributed by atoms with Crippen molar-refractivity contribution in [2.24, 2.45) is 0 Å². The highest BCUT2D eigenvalue weighted by atomic mass is 16.5. The van der Waals surface area contributed by atoms with E-state index in [0.29, 0.717) is 17.8 Å². The SMILES string of the molecule is CCCCCCCCCCCNc1nc(NCCCCCC)nc(NCCN2CCOCC2)n1. The lowest BCUT2D eigenvalue weighted by Gasteiger charge is -2.26. The molecule has 8 heteroatoms. The van der Waals surface area contributed by atoms with Crippen molar-refractivity contribution in [3.8, 4) is 0 Å². The Hall–Kier alpha value is -1.67. The van der Waals surface area contributed by atoms with Gasteiger partial charge in [0.15, 0.2) is 0 Å². The molecule has 196 valence electrons. The Kier molecular flexibility index (Phi) is 16.5. The van der Waals surface area contributed by atoms with Crippen LogP contribution in [0, 0.1) is 0 Å². The van der Waals surface area contributed by atoms with Gasteiger partial charge in [0.1, 0.15) is 0 Å². The van der Waals surface area contributed by atoms with Gasteiger partial charge < -0.3 is 20.7 Å². The summed E-state index contributed by atoms with van der Waals surface area (Å²) in [4.78, 5) is 16.3. The molecule has 8 nitrogen and oxygen atoms in total. The van der Waals surface area contributed by atoms with Crippen LogP contribution in [0.25, 0.3) is 0 Å². The van der Waals surface area contributed by atoms with Gasteiger partial charge in [-0.1, -0.05) is 84.5 Å². The van der Waals surface area contributed by atoms with Crippen molar-refractivity contribution < 1.29 is 4.74 Å². The van der Waals surface area contributed by atoms with Crippen LogP contribution in [-0.4, -0.2) is 72.3 Å². The monoisotopic (exact) mass is 477 g/mol. The fraction of sp³-hybridized carbons (Fsp3) is 0.885. The highest BCUT2D eigenvalue weighted by Crippen LogP contribution is 2.12. The van der Waals surface area contributed by atoms with E-state index in [0.717, 1.165) is 65.3 Å². The summed E-state index contributed by atoms with van der Waals surface area (Å²) < 4.78 is 5.43. The van der Waals surface area contributed by atoms with Crippen molar-refractivity contribution >= 4 is 17.8 Å². The molecule has 1 aromatic heterocycles. The Balaban J connectivity index is 1.73. The van der Waals surface area contributed by atoms with Crippen molar-refractivity contribution in [3.05, 3.63) is 0 Å². The molecular weight excluding hydrogens is 426 g/mol.